The van der Waals surface area contributed by atoms with Gasteiger partial charge in [-0.15, -0.1) is 0 Å². The number of ether oxygens (including phenoxy) is 1. The van der Waals surface area contributed by atoms with Gasteiger partial charge in [-0.3, -0.25) is 0 Å². The van der Waals surface area contributed by atoms with Crippen LogP contribution in [0.2, 0.25) is 0 Å². The van der Waals surface area contributed by atoms with E-state index in [1.54, 1.807) is 19.4 Å². The summed E-state index contributed by atoms with van der Waals surface area (Å²) in [6, 6.07) is 11.4. The molecule has 0 unspecified atom stereocenters. The molecule has 0 fully saturated rings. The van der Waals surface area contributed by atoms with Gasteiger partial charge in [0, 0.05) is 20.3 Å². The van der Waals surface area contributed by atoms with Crippen LogP contribution in [0, 0.1) is 0 Å². The molecule has 0 bridgehead atoms. The summed E-state index contributed by atoms with van der Waals surface area (Å²) in [6.45, 7) is 0.574. The Labute approximate surface area is 152 Å². The summed E-state index contributed by atoms with van der Waals surface area (Å²) in [6.07, 6.45) is 1.69. The van der Waals surface area contributed by atoms with Crippen molar-refractivity contribution in [3.8, 4) is 5.75 Å². The van der Waals surface area contributed by atoms with Crippen molar-refractivity contribution in [2.45, 2.75) is 13.1 Å². The molecule has 0 saturated carbocycles. The van der Waals surface area contributed by atoms with E-state index in [-0.39, 0.29) is 6.54 Å². The van der Waals surface area contributed by atoms with Crippen LogP contribution in [0.25, 0.3) is 11.2 Å². The predicted octanol–water partition coefficient (Wildman–Crippen LogP) is 1.38. The van der Waals surface area contributed by atoms with Gasteiger partial charge in [0.2, 0.25) is 0 Å². The van der Waals surface area contributed by atoms with Gasteiger partial charge in [0.25, 0.3) is 10.2 Å². The molecule has 8 nitrogen and oxygen atoms in total. The van der Waals surface area contributed by atoms with Crippen LogP contribution in [0.5, 0.6) is 5.75 Å². The van der Waals surface area contributed by atoms with E-state index in [1.165, 1.54) is 14.1 Å². The molecule has 0 aliphatic carbocycles. The first-order valence-electron chi connectivity index (χ1n) is 8.01. The topological polar surface area (TPSA) is 89.4 Å². The summed E-state index contributed by atoms with van der Waals surface area (Å²) < 4.78 is 34.9. The van der Waals surface area contributed by atoms with Crippen molar-refractivity contribution in [1.82, 2.24) is 23.6 Å². The summed E-state index contributed by atoms with van der Waals surface area (Å²) in [4.78, 5) is 8.94. The first-order valence-corrected chi connectivity index (χ1v) is 9.45. The zero-order valence-electron chi connectivity index (χ0n) is 14.9. The van der Waals surface area contributed by atoms with E-state index < -0.39 is 10.2 Å². The maximum absolute atomic E-state index is 12.0. The Morgan fingerprint density at radius 1 is 1.23 bits per heavy atom. The Hall–Kier alpha value is -2.49. The lowest BCUT2D eigenvalue weighted by atomic mass is 10.2. The molecule has 9 heteroatoms. The second-order valence-corrected chi connectivity index (χ2v) is 7.89. The van der Waals surface area contributed by atoms with Crippen molar-refractivity contribution < 1.29 is 13.2 Å². The van der Waals surface area contributed by atoms with Crippen molar-refractivity contribution in [2.75, 3.05) is 21.2 Å². The number of pyridine rings is 1. The van der Waals surface area contributed by atoms with E-state index in [0.717, 1.165) is 21.1 Å². The summed E-state index contributed by atoms with van der Waals surface area (Å²) in [5.74, 6) is 1.35. The number of nitrogens with zero attached hydrogens (tertiary/aromatic N) is 4. The number of rotatable bonds is 7. The van der Waals surface area contributed by atoms with Crippen molar-refractivity contribution in [2.24, 2.45) is 0 Å². The number of fused-ring (bicyclic) bond motifs is 1. The van der Waals surface area contributed by atoms with Gasteiger partial charge in [-0.1, -0.05) is 12.1 Å². The fourth-order valence-electron chi connectivity index (χ4n) is 2.54. The molecule has 0 spiro atoms. The third-order valence-electron chi connectivity index (χ3n) is 3.95. The van der Waals surface area contributed by atoms with E-state index in [9.17, 15) is 8.42 Å². The highest BCUT2D eigenvalue weighted by atomic mass is 32.2. The molecule has 1 N–H and O–H groups in total. The molecule has 3 rings (SSSR count). The van der Waals surface area contributed by atoms with E-state index in [0.29, 0.717) is 18.0 Å². The van der Waals surface area contributed by atoms with E-state index in [1.807, 2.05) is 34.9 Å². The number of methoxy groups -OCH3 is 1. The molecular weight excluding hydrogens is 354 g/mol. The minimum Gasteiger partial charge on any atom is -0.497 e. The summed E-state index contributed by atoms with van der Waals surface area (Å²) >= 11 is 0. The van der Waals surface area contributed by atoms with Crippen LogP contribution in [0.15, 0.2) is 42.6 Å². The number of nitrogens with one attached hydrogen (secondary N) is 1. The molecule has 2 heterocycles. The molecule has 0 saturated heterocycles. The highest BCUT2D eigenvalue weighted by Crippen LogP contribution is 2.19. The second kappa shape index (κ2) is 7.40. The first-order chi connectivity index (χ1) is 12.4. The Morgan fingerprint density at radius 3 is 2.77 bits per heavy atom. The quantitative estimate of drug-likeness (QED) is 0.674. The van der Waals surface area contributed by atoms with Crippen molar-refractivity contribution in [3.05, 3.63) is 54.0 Å². The Morgan fingerprint density at radius 2 is 2.04 bits per heavy atom. The van der Waals surface area contributed by atoms with Crippen LogP contribution < -0.4 is 9.46 Å². The third kappa shape index (κ3) is 3.85. The average Bonchev–Trinajstić information content (AvgIpc) is 2.98. The van der Waals surface area contributed by atoms with Crippen LogP contribution in [0.3, 0.4) is 0 Å². The number of hydrogen-bond donors (Lipinski definition) is 1. The fourth-order valence-corrected chi connectivity index (χ4v) is 3.11. The molecule has 0 aliphatic heterocycles. The number of benzene rings is 1. The van der Waals surface area contributed by atoms with Gasteiger partial charge in [-0.2, -0.15) is 17.4 Å². The van der Waals surface area contributed by atoms with Crippen molar-refractivity contribution in [3.63, 3.8) is 0 Å². The largest absolute Gasteiger partial charge is 0.497 e. The van der Waals surface area contributed by atoms with Gasteiger partial charge in [0.1, 0.15) is 17.1 Å². The third-order valence-corrected chi connectivity index (χ3v) is 5.42. The van der Waals surface area contributed by atoms with Crippen LogP contribution in [0.1, 0.15) is 11.4 Å². The van der Waals surface area contributed by atoms with Gasteiger partial charge in [-0.05, 0) is 29.8 Å². The molecule has 1 aromatic carbocycles. The standard InChI is InChI=1S/C17H21N5O3S/c1-21(2)26(23,24)19-11-16-20-15-8-5-9-18-17(15)22(16)12-13-6-4-7-14(10-13)25-3/h4-10,19H,11-12H2,1-3H3. The van der Waals surface area contributed by atoms with E-state index in [4.69, 9.17) is 4.74 Å². The monoisotopic (exact) mass is 375 g/mol. The van der Waals surface area contributed by atoms with Crippen molar-refractivity contribution >= 4 is 21.4 Å². The molecular formula is C17H21N5O3S. The predicted molar refractivity (Wildman–Crippen MR) is 99.1 cm³/mol. The van der Waals surface area contributed by atoms with Crippen LogP contribution in [-0.2, 0) is 23.3 Å². The van der Waals surface area contributed by atoms with E-state index >= 15 is 0 Å². The van der Waals surface area contributed by atoms with Gasteiger partial charge in [0.05, 0.1) is 20.2 Å². The first kappa shape index (κ1) is 18.3. The molecule has 0 radical (unpaired) electrons. The van der Waals surface area contributed by atoms with Crippen LogP contribution in [-0.4, -0.2) is 48.5 Å². The minimum absolute atomic E-state index is 0.0703. The maximum Gasteiger partial charge on any atom is 0.279 e. The van der Waals surface area contributed by atoms with Crippen molar-refractivity contribution in [1.29, 1.82) is 0 Å². The normalized spacial score (nSPS) is 12.0. The molecule has 3 aromatic rings. The van der Waals surface area contributed by atoms with Gasteiger partial charge in [0.15, 0.2) is 5.65 Å². The highest BCUT2D eigenvalue weighted by Gasteiger charge is 2.17. The SMILES string of the molecule is COc1cccc(Cn2c(CNS(=O)(=O)N(C)C)nc3cccnc32)c1. The molecule has 0 atom stereocenters. The molecule has 0 aliphatic rings. The summed E-state index contributed by atoms with van der Waals surface area (Å²) in [5, 5.41) is 0. The number of imidazole rings is 1. The van der Waals surface area contributed by atoms with Crippen LogP contribution in [0.4, 0.5) is 0 Å². The Kier molecular flexibility index (Phi) is 5.21. The smallest absolute Gasteiger partial charge is 0.279 e. The molecule has 138 valence electrons. The highest BCUT2D eigenvalue weighted by molar-refractivity contribution is 7.87. The maximum atomic E-state index is 12.0. The average molecular weight is 375 g/mol. The zero-order valence-corrected chi connectivity index (χ0v) is 15.7. The fraction of sp³-hybridized carbons (Fsp3) is 0.294. The summed E-state index contributed by atoms with van der Waals surface area (Å²) in [7, 11) is 1.03. The van der Waals surface area contributed by atoms with Gasteiger partial charge in [-0.25, -0.2) is 9.97 Å². The molecule has 2 aromatic heterocycles. The lowest BCUT2D eigenvalue weighted by molar-refractivity contribution is 0.414. The van der Waals surface area contributed by atoms with Gasteiger partial charge >= 0.3 is 0 Å². The molecule has 0 amide bonds. The second-order valence-electron chi connectivity index (χ2n) is 5.92. The van der Waals surface area contributed by atoms with E-state index in [2.05, 4.69) is 14.7 Å². The Bertz CT molecular complexity index is 1010. The van der Waals surface area contributed by atoms with Gasteiger partial charge < -0.3 is 9.30 Å². The van der Waals surface area contributed by atoms with Crippen LogP contribution >= 0.6 is 0 Å². The Balaban J connectivity index is 1.96. The minimum atomic E-state index is -3.54. The number of hydrogen-bond acceptors (Lipinski definition) is 5. The summed E-state index contributed by atoms with van der Waals surface area (Å²) in [5.41, 5.74) is 2.43. The lowest BCUT2D eigenvalue weighted by Gasteiger charge is -2.13. The molecule has 26 heavy (non-hydrogen) atoms. The lowest BCUT2D eigenvalue weighted by Crippen LogP contribution is -2.35. The zero-order chi connectivity index (χ0) is 18.7. The number of aromatic nitrogens is 3.